The number of carbonyl (C=O) groups is 4. The van der Waals surface area contributed by atoms with Crippen LogP contribution >= 0.6 is 85.1 Å². The van der Waals surface area contributed by atoms with Crippen LogP contribution in [0.15, 0.2) is 120 Å². The summed E-state index contributed by atoms with van der Waals surface area (Å²) in [5.41, 5.74) is 2.76. The van der Waals surface area contributed by atoms with E-state index in [0.29, 0.717) is 103 Å². The van der Waals surface area contributed by atoms with Crippen molar-refractivity contribution in [3.63, 3.8) is 0 Å². The molecular weight excluding hydrogens is 1420 g/mol. The van der Waals surface area contributed by atoms with E-state index in [2.05, 4.69) is 92.0 Å². The second-order valence-electron chi connectivity index (χ2n) is 16.1. The molecule has 0 fully saturated rings. The summed E-state index contributed by atoms with van der Waals surface area (Å²) >= 11 is 13.0. The minimum atomic E-state index is -3.72. The maximum absolute atomic E-state index is 11.9. The van der Waals surface area contributed by atoms with Crippen molar-refractivity contribution >= 4 is 128 Å². The lowest BCUT2D eigenvalue weighted by atomic mass is 10.1. The van der Waals surface area contributed by atoms with Crippen molar-refractivity contribution < 1.29 is 89.6 Å². The minimum absolute atomic E-state index is 0.0160. The van der Waals surface area contributed by atoms with E-state index < -0.39 is 25.3 Å². The summed E-state index contributed by atoms with van der Waals surface area (Å²) in [5, 5.41) is 34.1. The number of carboxylic acid groups (broad SMARTS) is 1. The number of aliphatic hydroxyl groups excluding tert-OH is 1. The number of aryl methyl sites for hydroxylation is 1. The highest BCUT2D eigenvalue weighted by Crippen LogP contribution is 2.24. The Morgan fingerprint density at radius 1 is 0.500 bits per heavy atom. The van der Waals surface area contributed by atoms with Crippen LogP contribution in [-0.2, 0) is 47.2 Å². The topological polar surface area (TPSA) is 274 Å². The zero-order valence-electron chi connectivity index (χ0n) is 45.8. The fourth-order valence-corrected chi connectivity index (χ4v) is 8.39. The molecule has 19 nitrogen and oxygen atoms in total. The number of aromatic hydroxyl groups is 2. The number of carboxylic acids is 1. The molecule has 0 aliphatic heterocycles. The molecule has 0 aromatic heterocycles. The van der Waals surface area contributed by atoms with Gasteiger partial charge >= 0.3 is 5.97 Å². The molecule has 0 bridgehead atoms. The molecule has 0 radical (unpaired) electrons. The van der Waals surface area contributed by atoms with E-state index in [1.54, 1.807) is 61.5 Å². The van der Waals surface area contributed by atoms with Gasteiger partial charge in [0, 0.05) is 69.2 Å². The van der Waals surface area contributed by atoms with Gasteiger partial charge in [-0.2, -0.15) is 8.42 Å². The van der Waals surface area contributed by atoms with Crippen LogP contribution in [0.3, 0.4) is 0 Å². The van der Waals surface area contributed by atoms with Gasteiger partial charge in [0.25, 0.3) is 10.1 Å². The average Bonchev–Trinajstić information content (AvgIpc) is 3.38. The molecule has 5 aromatic rings. The first-order valence-corrected chi connectivity index (χ1v) is 31.9. The van der Waals surface area contributed by atoms with Gasteiger partial charge in [-0.1, -0.05) is 88.3 Å². The zero-order chi connectivity index (χ0) is 62.0. The summed E-state index contributed by atoms with van der Waals surface area (Å²) < 4.78 is 78.6. The number of aromatic carboxylic acids is 1. The van der Waals surface area contributed by atoms with Gasteiger partial charge in [-0.05, 0) is 126 Å². The van der Waals surface area contributed by atoms with Crippen LogP contribution in [0, 0.1) is 6.92 Å². The fourth-order valence-electron chi connectivity index (χ4n) is 5.59. The monoisotopic (exact) mass is 1480 g/mol. The number of halogens is 6. The van der Waals surface area contributed by atoms with Gasteiger partial charge in [0.15, 0.2) is 17.3 Å². The van der Waals surface area contributed by atoms with Crippen LogP contribution in [0.25, 0.3) is 0 Å². The third-order valence-corrected chi connectivity index (χ3v) is 12.4. The quantitative estimate of drug-likeness (QED) is 0.0157. The normalized spacial score (nSPS) is 10.4. The predicted molar refractivity (Wildman–Crippen MR) is 329 cm³/mol. The molecule has 0 saturated carbocycles. The first-order chi connectivity index (χ1) is 38.7. The lowest BCUT2D eigenvalue weighted by Crippen LogP contribution is -2.14. The van der Waals surface area contributed by atoms with Crippen molar-refractivity contribution in [2.45, 2.75) is 52.9 Å². The first-order valence-electron chi connectivity index (χ1n) is 24.6. The second kappa shape index (κ2) is 46.4. The van der Waals surface area contributed by atoms with Gasteiger partial charge in [0.2, 0.25) is 9.23 Å². The third kappa shape index (κ3) is 40.4. The first kappa shape index (κ1) is 78.1. The molecule has 456 valence electrons. The molecular formula is C55H68Br4Cl2O19S2. The van der Waals surface area contributed by atoms with E-state index >= 15 is 0 Å². The Morgan fingerprint density at radius 3 is 1.15 bits per heavy atom. The van der Waals surface area contributed by atoms with Gasteiger partial charge < -0.3 is 53.6 Å². The summed E-state index contributed by atoms with van der Waals surface area (Å²) in [6.45, 7) is 15.7. The third-order valence-electron chi connectivity index (χ3n) is 9.21. The maximum Gasteiger partial charge on any atom is 0.335 e. The average molecular weight is 1490 g/mol. The largest absolute Gasteiger partial charge is 0.508 e. The summed E-state index contributed by atoms with van der Waals surface area (Å²) in [6, 6.07) is 25.7. The Balaban J connectivity index is 0.00000110. The Hall–Kier alpha value is -3.90. The molecule has 82 heavy (non-hydrogen) atoms. The van der Waals surface area contributed by atoms with E-state index in [0.717, 1.165) is 27.5 Å². The number of phenolic OH excluding ortho intramolecular Hbond substituents is 2. The number of rotatable bonds is 28. The molecule has 4 N–H and O–H groups in total. The Bertz CT molecular complexity index is 2640. The molecule has 0 heterocycles. The number of hydrogen-bond donors (Lipinski definition) is 4. The second-order valence-corrected chi connectivity index (χ2v) is 23.9. The number of carbonyl (C=O) groups excluding carboxylic acids is 3. The number of Topliss-reactive ketones (excluding diaryl/α,β-unsaturated/α-hetero) is 3. The van der Waals surface area contributed by atoms with Crippen LogP contribution in [0.5, 0.6) is 23.0 Å². The van der Waals surface area contributed by atoms with Crippen molar-refractivity contribution in [1.82, 2.24) is 0 Å². The van der Waals surface area contributed by atoms with E-state index in [4.69, 9.17) is 62.0 Å². The molecule has 27 heteroatoms. The number of ketones is 3. The van der Waals surface area contributed by atoms with Crippen molar-refractivity contribution in [1.29, 1.82) is 0 Å². The molecule has 0 amide bonds. The van der Waals surface area contributed by atoms with Crippen LogP contribution in [0.1, 0.15) is 88.0 Å². The van der Waals surface area contributed by atoms with Gasteiger partial charge in [-0.3, -0.25) is 18.6 Å². The summed E-state index contributed by atoms with van der Waals surface area (Å²) in [5.74, 6) is 0.138. The number of benzene rings is 5. The molecule has 0 atom stereocenters. The Labute approximate surface area is 524 Å². The maximum atomic E-state index is 11.9. The van der Waals surface area contributed by atoms with E-state index in [1.807, 2.05) is 6.92 Å². The molecule has 0 aliphatic rings. The standard InChI is InChI=1S/C22H24Br2O6.C16H26O6S.C8H7BrO2.C7H5BrO3.C2H6O.Cl2OS/c1-15(25)17-9-19(23)13-21(11-17)29-7-5-27-3-4-28-6-8-30-22-12-18(16(2)26)10-20(24)14-22;1-3-8-19-9-10-20-11-12-21-13-14-22-23(17,18)16-6-4-15(2)5-7-16;1-5(10)6-2-7(9)4-8(11)3-6;8-5-1-4(7(10)11)2-6(9)3-5;1-2-3;1-4(2)3/h9-14H,3-8H2,1-2H3;4-7H,3,8-14H2,1-2H3;2-4,11H,1H3;1-3,9H,(H,10,11);3H,2H2,1H3;. The van der Waals surface area contributed by atoms with Crippen molar-refractivity contribution in [2.24, 2.45) is 0 Å². The van der Waals surface area contributed by atoms with Crippen LogP contribution in [0.4, 0.5) is 0 Å². The molecule has 0 aliphatic carbocycles. The number of hydrogen-bond acceptors (Lipinski definition) is 18. The number of ether oxygens (including phenoxy) is 7. The molecule has 5 aromatic carbocycles. The fraction of sp³-hybridized carbons (Fsp3) is 0.382. The van der Waals surface area contributed by atoms with Crippen LogP contribution in [-0.4, -0.2) is 149 Å². The van der Waals surface area contributed by atoms with Gasteiger partial charge in [-0.25, -0.2) is 9.00 Å². The predicted octanol–water partition coefficient (Wildman–Crippen LogP) is 12.5. The van der Waals surface area contributed by atoms with Gasteiger partial charge in [0.05, 0.1) is 76.5 Å². The highest BCUT2D eigenvalue weighted by atomic mass is 79.9. The van der Waals surface area contributed by atoms with Gasteiger partial charge in [0.1, 0.15) is 36.2 Å². The van der Waals surface area contributed by atoms with E-state index in [9.17, 15) is 27.6 Å². The molecule has 0 unspecified atom stereocenters. The Morgan fingerprint density at radius 2 is 0.805 bits per heavy atom. The van der Waals surface area contributed by atoms with Gasteiger partial charge in [-0.15, -0.1) is 0 Å². The summed E-state index contributed by atoms with van der Waals surface area (Å²) in [4.78, 5) is 44.3. The lowest BCUT2D eigenvalue weighted by Gasteiger charge is -2.10. The molecule has 5 rings (SSSR count). The number of aliphatic hydroxyl groups is 1. The highest BCUT2D eigenvalue weighted by molar-refractivity contribution is 9.11. The minimum Gasteiger partial charge on any atom is -0.508 e. The van der Waals surface area contributed by atoms with E-state index in [-0.39, 0.29) is 59.1 Å². The van der Waals surface area contributed by atoms with Crippen LogP contribution in [0.2, 0.25) is 0 Å². The van der Waals surface area contributed by atoms with E-state index in [1.165, 1.54) is 63.2 Å². The zero-order valence-corrected chi connectivity index (χ0v) is 55.3. The Kier molecular flexibility index (Phi) is 44.2. The lowest BCUT2D eigenvalue weighted by molar-refractivity contribution is 0.00979. The smallest absolute Gasteiger partial charge is 0.335 e. The summed E-state index contributed by atoms with van der Waals surface area (Å²) in [6.07, 6.45) is 0.995. The SMILES string of the molecule is CC(=O)c1cc(Br)cc(OCCOCCOCCOc2cc(Br)cc(C(C)=O)c2)c1.CC(=O)c1cc(O)cc(Br)c1.CCCOCCOCCOCCOS(=O)(=O)c1ccc(C)cc1.CCO.O=C(O)c1cc(O)cc(Br)c1.O=S(Cl)Cl. The highest BCUT2D eigenvalue weighted by Gasteiger charge is 2.14. The van der Waals surface area contributed by atoms with Crippen molar-refractivity contribution in [3.05, 3.63) is 143 Å². The summed E-state index contributed by atoms with van der Waals surface area (Å²) in [7, 11) is 3.64. The number of phenols is 2. The van der Waals surface area contributed by atoms with Crippen LogP contribution < -0.4 is 9.47 Å². The van der Waals surface area contributed by atoms with Crippen molar-refractivity contribution in [2.75, 3.05) is 92.5 Å². The molecule has 0 saturated heterocycles. The van der Waals surface area contributed by atoms with Crippen molar-refractivity contribution in [3.8, 4) is 23.0 Å². The molecule has 0 spiro atoms.